The molecule has 1 radical (unpaired) electrons. The number of rotatable bonds is 14. The summed E-state index contributed by atoms with van der Waals surface area (Å²) >= 11 is 0. The summed E-state index contributed by atoms with van der Waals surface area (Å²) in [4.78, 5) is 15.1. The molecule has 0 saturated heterocycles. The smallest absolute Gasteiger partial charge is 0.251 e. The van der Waals surface area contributed by atoms with Gasteiger partial charge in [-0.3, -0.25) is 4.79 Å². The summed E-state index contributed by atoms with van der Waals surface area (Å²) in [6.45, 7) is 8.09. The molecule has 2 atom stereocenters. The fraction of sp³-hybridized carbons (Fsp3) is 0.342. The van der Waals surface area contributed by atoms with E-state index in [1.807, 2.05) is 89.6 Å². The van der Waals surface area contributed by atoms with Crippen LogP contribution < -0.4 is 25.2 Å². The molecule has 251 valence electrons. The maximum Gasteiger partial charge on any atom is 0.251 e. The number of benzene rings is 4. The lowest BCUT2D eigenvalue weighted by Gasteiger charge is -2.40. The predicted octanol–water partition coefficient (Wildman–Crippen LogP) is 5.83. The summed E-state index contributed by atoms with van der Waals surface area (Å²) in [6.07, 6.45) is -1.06. The van der Waals surface area contributed by atoms with Crippen LogP contribution in [0.4, 0.5) is 15.8 Å². The van der Waals surface area contributed by atoms with E-state index in [0.29, 0.717) is 24.4 Å². The maximum absolute atomic E-state index is 14.2. The molecular formula is C38H43BFN2O6. The van der Waals surface area contributed by atoms with Crippen molar-refractivity contribution >= 4 is 30.0 Å². The second kappa shape index (κ2) is 15.2. The molecule has 1 aliphatic rings. The Labute approximate surface area is 283 Å². The molecule has 0 spiro atoms. The summed E-state index contributed by atoms with van der Waals surface area (Å²) in [6, 6.07) is 24.0. The molecule has 8 nitrogen and oxygen atoms in total. The standard InChI is InChI=1S/C38H43BFN2O6/c1-24-12-13-27(40)18-32(24)39-20-31-29(16-17-33-36(31)42(5)37(44)38(3,4)41-33)30-15-14-28(19-34(30)45-6)47-21-25(2)48-35(43)23-46-22-26-10-8-7-9-11-26/h7-19,25,35,41,43H,20-23H2,1-6H3. The van der Waals surface area contributed by atoms with E-state index in [1.54, 1.807) is 31.2 Å². The normalized spacial score (nSPS) is 14.9. The highest BCUT2D eigenvalue weighted by atomic mass is 19.1. The second-order valence-electron chi connectivity index (χ2n) is 12.6. The molecule has 2 N–H and O–H groups in total. The number of aliphatic hydroxyl groups excluding tert-OH is 1. The summed E-state index contributed by atoms with van der Waals surface area (Å²) in [5.74, 6) is 0.783. The van der Waals surface area contributed by atoms with E-state index in [9.17, 15) is 14.3 Å². The summed E-state index contributed by atoms with van der Waals surface area (Å²) in [7, 11) is 5.37. The van der Waals surface area contributed by atoms with Crippen LogP contribution in [0, 0.1) is 12.7 Å². The first-order valence-electron chi connectivity index (χ1n) is 16.0. The minimum absolute atomic E-state index is 0.0366. The molecule has 10 heteroatoms. The van der Waals surface area contributed by atoms with Crippen LogP contribution in [0.2, 0.25) is 0 Å². The van der Waals surface area contributed by atoms with Crippen LogP contribution in [-0.2, 0) is 27.2 Å². The molecule has 0 bridgehead atoms. The average molecular weight is 654 g/mol. The van der Waals surface area contributed by atoms with Gasteiger partial charge in [0, 0.05) is 18.7 Å². The number of hydrogen-bond acceptors (Lipinski definition) is 7. The third-order valence-corrected chi connectivity index (χ3v) is 8.38. The first kappa shape index (κ1) is 34.9. The van der Waals surface area contributed by atoms with E-state index in [4.69, 9.17) is 18.9 Å². The Kier molecular flexibility index (Phi) is 11.1. The van der Waals surface area contributed by atoms with Gasteiger partial charge in [0.15, 0.2) is 13.6 Å². The van der Waals surface area contributed by atoms with E-state index in [-0.39, 0.29) is 24.9 Å². The number of methoxy groups -OCH3 is 1. The van der Waals surface area contributed by atoms with Crippen molar-refractivity contribution in [3.63, 3.8) is 0 Å². The number of carbonyl (C=O) groups is 1. The SMILES string of the molecule is COc1cc(OCC(C)OC(O)COCc2ccccc2)ccc1-c1ccc2c(c1C[B]c1cc(F)ccc1C)N(C)C(=O)C(C)(C)N2. The first-order valence-corrected chi connectivity index (χ1v) is 16.0. The molecule has 4 aromatic rings. The topological polar surface area (TPSA) is 89.5 Å². The van der Waals surface area contributed by atoms with Gasteiger partial charge in [-0.25, -0.2) is 4.39 Å². The lowest BCUT2D eigenvalue weighted by Crippen LogP contribution is -2.52. The Balaban J connectivity index is 1.34. The van der Waals surface area contributed by atoms with Crippen molar-refractivity contribution in [3.8, 4) is 22.6 Å². The third kappa shape index (κ3) is 8.18. The summed E-state index contributed by atoms with van der Waals surface area (Å²) in [5, 5.41) is 13.7. The van der Waals surface area contributed by atoms with Crippen LogP contribution in [-0.4, -0.2) is 63.6 Å². The Bertz CT molecular complexity index is 1730. The zero-order valence-electron chi connectivity index (χ0n) is 28.4. The van der Waals surface area contributed by atoms with Crippen molar-refractivity contribution in [2.45, 2.75) is 58.6 Å². The number of nitrogens with one attached hydrogen (secondary N) is 1. The molecule has 4 aromatic carbocycles. The highest BCUT2D eigenvalue weighted by Gasteiger charge is 2.38. The van der Waals surface area contributed by atoms with Crippen LogP contribution in [0.15, 0.2) is 78.9 Å². The van der Waals surface area contributed by atoms with Crippen molar-refractivity contribution in [2.75, 3.05) is 37.6 Å². The van der Waals surface area contributed by atoms with Crippen LogP contribution in [0.3, 0.4) is 0 Å². The van der Waals surface area contributed by atoms with Crippen molar-refractivity contribution in [3.05, 3.63) is 101 Å². The number of amides is 1. The Hall–Kier alpha value is -4.38. The number of ether oxygens (including phenoxy) is 4. The van der Waals surface area contributed by atoms with Gasteiger partial charge in [0.1, 0.15) is 29.5 Å². The molecular weight excluding hydrogens is 610 g/mol. The molecule has 2 unspecified atom stereocenters. The van der Waals surface area contributed by atoms with E-state index in [0.717, 1.165) is 44.7 Å². The van der Waals surface area contributed by atoms with Crippen molar-refractivity contribution in [1.82, 2.24) is 0 Å². The molecule has 5 rings (SSSR count). The molecule has 1 amide bonds. The number of aliphatic hydroxyl groups is 1. The number of fused-ring (bicyclic) bond motifs is 1. The van der Waals surface area contributed by atoms with Gasteiger partial charge < -0.3 is 34.3 Å². The lowest BCUT2D eigenvalue weighted by molar-refractivity contribution is -0.169. The monoisotopic (exact) mass is 653 g/mol. The average Bonchev–Trinajstić information content (AvgIpc) is 3.06. The highest BCUT2D eigenvalue weighted by Crippen LogP contribution is 2.44. The Morgan fingerprint density at radius 1 is 1.00 bits per heavy atom. The molecule has 0 fully saturated rings. The fourth-order valence-electron chi connectivity index (χ4n) is 5.93. The molecule has 1 aliphatic heterocycles. The number of carbonyl (C=O) groups excluding carboxylic acids is 1. The van der Waals surface area contributed by atoms with E-state index in [2.05, 4.69) is 5.32 Å². The molecule has 1 heterocycles. The van der Waals surface area contributed by atoms with Gasteiger partial charge in [0.05, 0.1) is 37.8 Å². The van der Waals surface area contributed by atoms with E-state index in [1.165, 1.54) is 12.1 Å². The van der Waals surface area contributed by atoms with Crippen LogP contribution >= 0.6 is 0 Å². The summed E-state index contributed by atoms with van der Waals surface area (Å²) < 4.78 is 37.3. The lowest BCUT2D eigenvalue weighted by atomic mass is 9.62. The number of aryl methyl sites for hydroxylation is 1. The highest BCUT2D eigenvalue weighted by molar-refractivity contribution is 6.53. The maximum atomic E-state index is 14.2. The van der Waals surface area contributed by atoms with Crippen molar-refractivity contribution in [1.29, 1.82) is 0 Å². The Morgan fingerprint density at radius 2 is 1.75 bits per heavy atom. The Morgan fingerprint density at radius 3 is 2.50 bits per heavy atom. The molecule has 0 aliphatic carbocycles. The van der Waals surface area contributed by atoms with Crippen LogP contribution in [0.25, 0.3) is 11.1 Å². The molecule has 48 heavy (non-hydrogen) atoms. The van der Waals surface area contributed by atoms with E-state index < -0.39 is 17.9 Å². The van der Waals surface area contributed by atoms with Gasteiger partial charge in [0.2, 0.25) is 0 Å². The fourth-order valence-corrected chi connectivity index (χ4v) is 5.93. The predicted molar refractivity (Wildman–Crippen MR) is 188 cm³/mol. The zero-order chi connectivity index (χ0) is 34.4. The zero-order valence-corrected chi connectivity index (χ0v) is 28.4. The van der Waals surface area contributed by atoms with Gasteiger partial charge >= 0.3 is 0 Å². The van der Waals surface area contributed by atoms with Gasteiger partial charge in [-0.05, 0) is 81.0 Å². The minimum Gasteiger partial charge on any atom is -0.496 e. The van der Waals surface area contributed by atoms with Gasteiger partial charge in [-0.1, -0.05) is 53.5 Å². The largest absolute Gasteiger partial charge is 0.496 e. The third-order valence-electron chi connectivity index (χ3n) is 8.38. The van der Waals surface area contributed by atoms with Gasteiger partial charge in [0.25, 0.3) is 5.91 Å². The number of anilines is 2. The minimum atomic E-state index is -1.09. The first-order chi connectivity index (χ1) is 23.0. The molecule has 0 saturated carbocycles. The van der Waals surface area contributed by atoms with Crippen LogP contribution in [0.1, 0.15) is 37.5 Å². The number of halogens is 1. The molecule has 0 aromatic heterocycles. The van der Waals surface area contributed by atoms with Gasteiger partial charge in [-0.15, -0.1) is 0 Å². The van der Waals surface area contributed by atoms with Crippen molar-refractivity contribution in [2.24, 2.45) is 0 Å². The van der Waals surface area contributed by atoms with Gasteiger partial charge in [-0.2, -0.15) is 0 Å². The van der Waals surface area contributed by atoms with Crippen molar-refractivity contribution < 1.29 is 33.2 Å². The number of likely N-dealkylation sites (N-methyl/N-ethyl adjacent to an activating group) is 1. The van der Waals surface area contributed by atoms with E-state index >= 15 is 0 Å². The second-order valence-corrected chi connectivity index (χ2v) is 12.6. The summed E-state index contributed by atoms with van der Waals surface area (Å²) in [5.41, 5.74) is 6.17. The number of nitrogens with zero attached hydrogens (tertiary/aromatic N) is 1. The van der Waals surface area contributed by atoms with Crippen LogP contribution in [0.5, 0.6) is 11.5 Å². The number of hydrogen-bond donors (Lipinski definition) is 2. The quantitative estimate of drug-likeness (QED) is 0.131.